The molecule has 96 valence electrons. The lowest BCUT2D eigenvalue weighted by Gasteiger charge is -2.14. The number of aryl methyl sites for hydroxylation is 2. The van der Waals surface area contributed by atoms with E-state index in [1.54, 1.807) is 0 Å². The third-order valence-corrected chi connectivity index (χ3v) is 5.34. The van der Waals surface area contributed by atoms with Gasteiger partial charge in [0.1, 0.15) is 0 Å². The average Bonchev–Trinajstić information content (AvgIpc) is 2.79. The zero-order chi connectivity index (χ0) is 13.0. The van der Waals surface area contributed by atoms with Crippen molar-refractivity contribution < 1.29 is 0 Å². The van der Waals surface area contributed by atoms with Gasteiger partial charge in [0.2, 0.25) is 0 Å². The standard InChI is InChI=1S/C15H19NS2/c1-11-6-4-5-7-14(11)17-10-13(16-3)15-9-8-12(2)18-15/h4-9,13,16H,10H2,1-3H3. The van der Waals surface area contributed by atoms with E-state index in [0.29, 0.717) is 6.04 Å². The molecule has 1 atom stereocenters. The second-order valence-electron chi connectivity index (χ2n) is 4.37. The highest BCUT2D eigenvalue weighted by molar-refractivity contribution is 7.99. The van der Waals surface area contributed by atoms with E-state index in [9.17, 15) is 0 Å². The highest BCUT2D eigenvalue weighted by Gasteiger charge is 2.12. The van der Waals surface area contributed by atoms with Gasteiger partial charge in [0.25, 0.3) is 0 Å². The molecular formula is C15H19NS2. The van der Waals surface area contributed by atoms with Gasteiger partial charge in [0.15, 0.2) is 0 Å². The molecule has 1 aromatic carbocycles. The lowest BCUT2D eigenvalue weighted by Crippen LogP contribution is -2.17. The fourth-order valence-electron chi connectivity index (χ4n) is 1.84. The van der Waals surface area contributed by atoms with Gasteiger partial charge in [0.05, 0.1) is 6.04 Å². The Morgan fingerprint density at radius 1 is 1.17 bits per heavy atom. The van der Waals surface area contributed by atoms with Crippen LogP contribution in [0.25, 0.3) is 0 Å². The van der Waals surface area contributed by atoms with Gasteiger partial charge in [0, 0.05) is 20.4 Å². The van der Waals surface area contributed by atoms with Gasteiger partial charge in [-0.2, -0.15) is 0 Å². The minimum atomic E-state index is 0.438. The van der Waals surface area contributed by atoms with Crippen molar-refractivity contribution in [2.75, 3.05) is 12.8 Å². The third-order valence-electron chi connectivity index (χ3n) is 2.95. The van der Waals surface area contributed by atoms with Crippen LogP contribution in [0.4, 0.5) is 0 Å². The van der Waals surface area contributed by atoms with Crippen LogP contribution in [0, 0.1) is 13.8 Å². The van der Waals surface area contributed by atoms with Gasteiger partial charge >= 0.3 is 0 Å². The molecule has 0 aliphatic carbocycles. The topological polar surface area (TPSA) is 12.0 Å². The highest BCUT2D eigenvalue weighted by Crippen LogP contribution is 2.29. The molecule has 0 fully saturated rings. The van der Waals surface area contributed by atoms with Crippen LogP contribution >= 0.6 is 23.1 Å². The number of rotatable bonds is 5. The Hall–Kier alpha value is -0.770. The van der Waals surface area contributed by atoms with Crippen LogP contribution < -0.4 is 5.32 Å². The van der Waals surface area contributed by atoms with Crippen molar-refractivity contribution >= 4 is 23.1 Å². The first-order valence-corrected chi connectivity index (χ1v) is 7.93. The molecule has 0 saturated heterocycles. The minimum absolute atomic E-state index is 0.438. The number of benzene rings is 1. The molecule has 1 heterocycles. The molecule has 3 heteroatoms. The van der Waals surface area contributed by atoms with Crippen LogP contribution in [-0.4, -0.2) is 12.8 Å². The van der Waals surface area contributed by atoms with E-state index >= 15 is 0 Å². The maximum Gasteiger partial charge on any atom is 0.0507 e. The smallest absolute Gasteiger partial charge is 0.0507 e. The molecule has 2 aromatic rings. The van der Waals surface area contributed by atoms with E-state index in [1.807, 2.05) is 30.1 Å². The van der Waals surface area contributed by atoms with Crippen molar-refractivity contribution in [2.24, 2.45) is 0 Å². The van der Waals surface area contributed by atoms with Crippen molar-refractivity contribution in [2.45, 2.75) is 24.8 Å². The predicted molar refractivity (Wildman–Crippen MR) is 82.8 cm³/mol. The van der Waals surface area contributed by atoms with E-state index in [1.165, 1.54) is 20.2 Å². The predicted octanol–water partition coefficient (Wildman–Crippen LogP) is 4.42. The Morgan fingerprint density at radius 3 is 2.56 bits per heavy atom. The van der Waals surface area contributed by atoms with E-state index in [-0.39, 0.29) is 0 Å². The Morgan fingerprint density at radius 2 is 1.94 bits per heavy atom. The number of hydrogen-bond acceptors (Lipinski definition) is 3. The molecule has 0 spiro atoms. The summed E-state index contributed by atoms with van der Waals surface area (Å²) in [6.07, 6.45) is 0. The molecule has 1 aromatic heterocycles. The normalized spacial score (nSPS) is 12.6. The molecule has 18 heavy (non-hydrogen) atoms. The van der Waals surface area contributed by atoms with Gasteiger partial charge < -0.3 is 5.32 Å². The van der Waals surface area contributed by atoms with Gasteiger partial charge in [-0.3, -0.25) is 0 Å². The van der Waals surface area contributed by atoms with Crippen LogP contribution in [0.1, 0.15) is 21.4 Å². The molecule has 0 saturated carbocycles. The number of thioether (sulfide) groups is 1. The summed E-state index contributed by atoms with van der Waals surface area (Å²) in [6, 6.07) is 13.4. The molecular weight excluding hydrogens is 258 g/mol. The molecule has 2 rings (SSSR count). The summed E-state index contributed by atoms with van der Waals surface area (Å²) in [6.45, 7) is 4.33. The monoisotopic (exact) mass is 277 g/mol. The van der Waals surface area contributed by atoms with Crippen LogP contribution in [0.3, 0.4) is 0 Å². The molecule has 0 aliphatic rings. The zero-order valence-electron chi connectivity index (χ0n) is 11.1. The summed E-state index contributed by atoms with van der Waals surface area (Å²) in [4.78, 5) is 4.19. The van der Waals surface area contributed by atoms with Crippen LogP contribution in [-0.2, 0) is 0 Å². The fraction of sp³-hybridized carbons (Fsp3) is 0.333. The Kier molecular flexibility index (Phi) is 4.87. The van der Waals surface area contributed by atoms with Crippen LogP contribution in [0.15, 0.2) is 41.3 Å². The summed E-state index contributed by atoms with van der Waals surface area (Å²) < 4.78 is 0. The van der Waals surface area contributed by atoms with Crippen molar-refractivity contribution in [3.8, 4) is 0 Å². The highest BCUT2D eigenvalue weighted by atomic mass is 32.2. The summed E-state index contributed by atoms with van der Waals surface area (Å²) in [5, 5.41) is 3.41. The second kappa shape index (κ2) is 6.41. The molecule has 0 radical (unpaired) electrons. The first-order valence-electron chi connectivity index (χ1n) is 6.12. The first kappa shape index (κ1) is 13.7. The summed E-state index contributed by atoms with van der Waals surface area (Å²) >= 11 is 3.81. The Labute approximate surface area is 118 Å². The minimum Gasteiger partial charge on any atom is -0.312 e. The maximum absolute atomic E-state index is 3.41. The van der Waals surface area contributed by atoms with Crippen LogP contribution in [0.2, 0.25) is 0 Å². The molecule has 0 aliphatic heterocycles. The Bertz CT molecular complexity index is 505. The maximum atomic E-state index is 3.41. The van der Waals surface area contributed by atoms with Gasteiger partial charge in [-0.1, -0.05) is 18.2 Å². The van der Waals surface area contributed by atoms with Gasteiger partial charge in [-0.05, 0) is 44.7 Å². The van der Waals surface area contributed by atoms with E-state index < -0.39 is 0 Å². The number of thiophene rings is 1. The van der Waals surface area contributed by atoms with Crippen molar-refractivity contribution in [1.82, 2.24) is 5.32 Å². The average molecular weight is 277 g/mol. The quantitative estimate of drug-likeness (QED) is 0.812. The second-order valence-corrected chi connectivity index (χ2v) is 6.75. The van der Waals surface area contributed by atoms with E-state index in [4.69, 9.17) is 0 Å². The molecule has 0 bridgehead atoms. The largest absolute Gasteiger partial charge is 0.312 e. The molecule has 1 N–H and O–H groups in total. The third kappa shape index (κ3) is 3.37. The zero-order valence-corrected chi connectivity index (χ0v) is 12.7. The van der Waals surface area contributed by atoms with Crippen molar-refractivity contribution in [3.05, 3.63) is 51.7 Å². The SMILES string of the molecule is CNC(CSc1ccccc1C)c1ccc(C)s1. The fourth-order valence-corrected chi connectivity index (χ4v) is 4.10. The van der Waals surface area contributed by atoms with Crippen molar-refractivity contribution in [3.63, 3.8) is 0 Å². The van der Waals surface area contributed by atoms with E-state index in [0.717, 1.165) is 5.75 Å². The first-order chi connectivity index (χ1) is 8.70. The molecule has 0 amide bonds. The Balaban J connectivity index is 2.02. The lowest BCUT2D eigenvalue weighted by atomic mass is 10.2. The molecule has 1 unspecified atom stereocenters. The van der Waals surface area contributed by atoms with E-state index in [2.05, 4.69) is 55.6 Å². The summed E-state index contributed by atoms with van der Waals surface area (Å²) in [5.41, 5.74) is 1.36. The van der Waals surface area contributed by atoms with Crippen molar-refractivity contribution in [1.29, 1.82) is 0 Å². The lowest BCUT2D eigenvalue weighted by molar-refractivity contribution is 0.673. The summed E-state index contributed by atoms with van der Waals surface area (Å²) in [7, 11) is 2.04. The summed E-state index contributed by atoms with van der Waals surface area (Å²) in [5.74, 6) is 1.07. The van der Waals surface area contributed by atoms with Gasteiger partial charge in [-0.15, -0.1) is 23.1 Å². The number of nitrogens with one attached hydrogen (secondary N) is 1. The number of hydrogen-bond donors (Lipinski definition) is 1. The van der Waals surface area contributed by atoms with Gasteiger partial charge in [-0.25, -0.2) is 0 Å². The van der Waals surface area contributed by atoms with Crippen LogP contribution in [0.5, 0.6) is 0 Å². The molecule has 1 nitrogen and oxygen atoms in total.